The zero-order chi connectivity index (χ0) is 18.9. The highest BCUT2D eigenvalue weighted by Crippen LogP contribution is 2.21. The lowest BCUT2D eigenvalue weighted by Crippen LogP contribution is -2.30. The monoisotopic (exact) mass is 382 g/mol. The highest BCUT2D eigenvalue weighted by molar-refractivity contribution is 6.30. The number of benzene rings is 1. The van der Waals surface area contributed by atoms with Gasteiger partial charge in [0.05, 0.1) is 5.02 Å². The van der Waals surface area contributed by atoms with Crippen molar-refractivity contribution in [3.63, 3.8) is 0 Å². The molecule has 1 aromatic heterocycles. The average Bonchev–Trinajstić information content (AvgIpc) is 3.12. The van der Waals surface area contributed by atoms with E-state index in [0.29, 0.717) is 18.0 Å². The van der Waals surface area contributed by atoms with Gasteiger partial charge in [-0.15, -0.1) is 0 Å². The Bertz CT molecular complexity index is 719. The molecule has 0 unspecified atom stereocenters. The van der Waals surface area contributed by atoms with Gasteiger partial charge >= 0.3 is 0 Å². The van der Waals surface area contributed by atoms with Gasteiger partial charge < -0.3 is 15.0 Å². The van der Waals surface area contributed by atoms with Crippen LogP contribution >= 0.6 is 11.6 Å². The molecule has 6 nitrogen and oxygen atoms in total. The Labute approximate surface area is 157 Å². The minimum absolute atomic E-state index is 0.00672. The molecule has 2 aromatic rings. The Balaban J connectivity index is 1.77. The predicted octanol–water partition coefficient (Wildman–Crippen LogP) is 3.17. The van der Waals surface area contributed by atoms with Crippen LogP contribution in [0, 0.1) is 5.82 Å². The molecule has 1 N–H and O–H groups in total. The predicted molar refractivity (Wildman–Crippen MR) is 99.0 cm³/mol. The SMILES string of the molecule is CCN(CC)CCCNC(=O)c1ccn(COc2ccc(F)c(Cl)c2)n1. The first kappa shape index (κ1) is 20.2. The average molecular weight is 383 g/mol. The molecule has 1 amide bonds. The second kappa shape index (κ2) is 10.1. The molecule has 0 atom stereocenters. The third-order valence-corrected chi connectivity index (χ3v) is 4.25. The maximum atomic E-state index is 13.1. The van der Waals surface area contributed by atoms with Crippen molar-refractivity contribution in [1.29, 1.82) is 0 Å². The standard InChI is InChI=1S/C18H24ClFN4O2/c1-3-23(4-2)10-5-9-21-18(25)17-8-11-24(22-17)13-26-14-6-7-16(20)15(19)12-14/h6-8,11-12H,3-5,9-10,13H2,1-2H3,(H,21,25). The van der Waals surface area contributed by atoms with Gasteiger partial charge in [-0.1, -0.05) is 25.4 Å². The van der Waals surface area contributed by atoms with Gasteiger partial charge in [0.15, 0.2) is 6.73 Å². The summed E-state index contributed by atoms with van der Waals surface area (Å²) in [5.41, 5.74) is 0.327. The van der Waals surface area contributed by atoms with Crippen molar-refractivity contribution in [2.75, 3.05) is 26.2 Å². The molecule has 0 aliphatic rings. The number of nitrogens with zero attached hydrogens (tertiary/aromatic N) is 3. The molecule has 0 aliphatic heterocycles. The van der Waals surface area contributed by atoms with Crippen molar-refractivity contribution >= 4 is 17.5 Å². The summed E-state index contributed by atoms with van der Waals surface area (Å²) >= 11 is 5.71. The Hall–Kier alpha value is -2.12. The van der Waals surface area contributed by atoms with Crippen LogP contribution in [0.1, 0.15) is 30.8 Å². The van der Waals surface area contributed by atoms with Crippen LogP contribution in [0.2, 0.25) is 5.02 Å². The lowest BCUT2D eigenvalue weighted by molar-refractivity contribution is 0.0944. The first-order chi connectivity index (χ1) is 12.5. The fourth-order valence-electron chi connectivity index (χ4n) is 2.40. The van der Waals surface area contributed by atoms with E-state index in [1.54, 1.807) is 12.3 Å². The fraction of sp³-hybridized carbons (Fsp3) is 0.444. The van der Waals surface area contributed by atoms with Gasteiger partial charge in [0.1, 0.15) is 17.3 Å². The number of hydrogen-bond donors (Lipinski definition) is 1. The van der Waals surface area contributed by atoms with E-state index in [2.05, 4.69) is 29.2 Å². The molecule has 1 heterocycles. The second-order valence-corrected chi connectivity index (χ2v) is 6.13. The maximum Gasteiger partial charge on any atom is 0.271 e. The van der Waals surface area contributed by atoms with E-state index < -0.39 is 5.82 Å². The van der Waals surface area contributed by atoms with E-state index in [1.807, 2.05) is 0 Å². The topological polar surface area (TPSA) is 59.4 Å². The molecule has 0 saturated heterocycles. The number of hydrogen-bond acceptors (Lipinski definition) is 4. The molecule has 142 valence electrons. The molecule has 0 spiro atoms. The maximum absolute atomic E-state index is 13.1. The minimum atomic E-state index is -0.502. The van der Waals surface area contributed by atoms with Crippen LogP contribution in [0.3, 0.4) is 0 Å². The van der Waals surface area contributed by atoms with Gasteiger partial charge in [-0.2, -0.15) is 5.10 Å². The largest absolute Gasteiger partial charge is 0.471 e. The minimum Gasteiger partial charge on any atom is -0.471 e. The van der Waals surface area contributed by atoms with Gasteiger partial charge in [-0.25, -0.2) is 9.07 Å². The number of rotatable bonds is 10. The smallest absolute Gasteiger partial charge is 0.271 e. The first-order valence-electron chi connectivity index (χ1n) is 8.65. The lowest BCUT2D eigenvalue weighted by Gasteiger charge is -2.17. The van der Waals surface area contributed by atoms with Crippen LogP contribution in [-0.2, 0) is 6.73 Å². The first-order valence-corrected chi connectivity index (χ1v) is 9.03. The van der Waals surface area contributed by atoms with E-state index >= 15 is 0 Å². The molecule has 0 aliphatic carbocycles. The molecule has 0 saturated carbocycles. The normalized spacial score (nSPS) is 11.0. The Morgan fingerprint density at radius 3 is 2.81 bits per heavy atom. The van der Waals surface area contributed by atoms with Crippen molar-refractivity contribution in [2.24, 2.45) is 0 Å². The van der Waals surface area contributed by atoms with Crippen molar-refractivity contribution in [3.8, 4) is 5.75 Å². The van der Waals surface area contributed by atoms with Crippen molar-refractivity contribution < 1.29 is 13.9 Å². The van der Waals surface area contributed by atoms with Crippen LogP contribution in [0.25, 0.3) is 0 Å². The van der Waals surface area contributed by atoms with Gasteiger partial charge in [0.2, 0.25) is 0 Å². The van der Waals surface area contributed by atoms with Crippen LogP contribution in [0.4, 0.5) is 4.39 Å². The van der Waals surface area contributed by atoms with Crippen LogP contribution in [0.5, 0.6) is 5.75 Å². The number of aromatic nitrogens is 2. The number of amides is 1. The summed E-state index contributed by atoms with van der Waals surface area (Å²) in [5, 5.41) is 7.03. The molecule has 1 aromatic carbocycles. The molecular formula is C18H24ClFN4O2. The van der Waals surface area contributed by atoms with Crippen molar-refractivity contribution in [3.05, 3.63) is 47.0 Å². The summed E-state index contributed by atoms with van der Waals surface area (Å²) in [4.78, 5) is 14.4. The highest BCUT2D eigenvalue weighted by atomic mass is 35.5. The number of ether oxygens (including phenoxy) is 1. The van der Waals surface area contributed by atoms with E-state index in [4.69, 9.17) is 16.3 Å². The fourth-order valence-corrected chi connectivity index (χ4v) is 2.57. The van der Waals surface area contributed by atoms with E-state index in [1.165, 1.54) is 22.9 Å². The molecule has 2 rings (SSSR count). The summed E-state index contributed by atoms with van der Waals surface area (Å²) in [7, 11) is 0. The summed E-state index contributed by atoms with van der Waals surface area (Å²) in [6.45, 7) is 7.91. The van der Waals surface area contributed by atoms with Crippen molar-refractivity contribution in [2.45, 2.75) is 27.0 Å². The van der Waals surface area contributed by atoms with Crippen LogP contribution in [0.15, 0.2) is 30.5 Å². The van der Waals surface area contributed by atoms with Gasteiger partial charge in [0, 0.05) is 18.8 Å². The molecule has 8 heteroatoms. The second-order valence-electron chi connectivity index (χ2n) is 5.73. The van der Waals surface area contributed by atoms with E-state index in [9.17, 15) is 9.18 Å². The zero-order valence-corrected chi connectivity index (χ0v) is 15.8. The quantitative estimate of drug-likeness (QED) is 0.641. The summed E-state index contributed by atoms with van der Waals surface area (Å²) in [5.74, 6) is -0.291. The summed E-state index contributed by atoms with van der Waals surface area (Å²) in [6, 6.07) is 5.73. The molecule has 0 radical (unpaired) electrons. The highest BCUT2D eigenvalue weighted by Gasteiger charge is 2.09. The van der Waals surface area contributed by atoms with E-state index in [0.717, 1.165) is 26.1 Å². The zero-order valence-electron chi connectivity index (χ0n) is 15.0. The lowest BCUT2D eigenvalue weighted by atomic mass is 10.3. The van der Waals surface area contributed by atoms with E-state index in [-0.39, 0.29) is 17.7 Å². The molecular weight excluding hydrogens is 359 g/mol. The summed E-state index contributed by atoms with van der Waals surface area (Å²) in [6.07, 6.45) is 2.54. The number of nitrogens with one attached hydrogen (secondary N) is 1. The number of halogens is 2. The Morgan fingerprint density at radius 1 is 1.35 bits per heavy atom. The third kappa shape index (κ3) is 6.00. The number of carbonyl (C=O) groups is 1. The van der Waals surface area contributed by atoms with Gasteiger partial charge in [-0.05, 0) is 44.3 Å². The molecule has 0 fully saturated rings. The number of carbonyl (C=O) groups excluding carboxylic acids is 1. The van der Waals surface area contributed by atoms with Crippen LogP contribution < -0.4 is 10.1 Å². The summed E-state index contributed by atoms with van der Waals surface area (Å²) < 4.78 is 20.1. The Morgan fingerprint density at radius 2 is 2.12 bits per heavy atom. The Kier molecular flexibility index (Phi) is 7.87. The van der Waals surface area contributed by atoms with Crippen molar-refractivity contribution in [1.82, 2.24) is 20.0 Å². The third-order valence-electron chi connectivity index (χ3n) is 3.96. The molecule has 26 heavy (non-hydrogen) atoms. The van der Waals surface area contributed by atoms with Crippen LogP contribution in [-0.4, -0.2) is 46.8 Å². The van der Waals surface area contributed by atoms with Gasteiger partial charge in [-0.3, -0.25) is 4.79 Å². The molecule has 0 bridgehead atoms. The van der Waals surface area contributed by atoms with Gasteiger partial charge in [0.25, 0.3) is 5.91 Å².